The van der Waals surface area contributed by atoms with E-state index in [1.54, 1.807) is 24.3 Å². The van der Waals surface area contributed by atoms with Gasteiger partial charge in [-0.2, -0.15) is 0 Å². The van der Waals surface area contributed by atoms with Crippen molar-refractivity contribution in [3.05, 3.63) is 60.0 Å². The number of benzene rings is 2. The first kappa shape index (κ1) is 14.3. The van der Waals surface area contributed by atoms with Crippen LogP contribution >= 0.6 is 0 Å². The monoisotopic (exact) mass is 323 g/mol. The van der Waals surface area contributed by atoms with Crippen molar-refractivity contribution >= 4 is 5.91 Å². The molecule has 0 bridgehead atoms. The van der Waals surface area contributed by atoms with Gasteiger partial charge in [-0.3, -0.25) is 4.79 Å². The minimum absolute atomic E-state index is 0.162. The molecule has 7 heteroatoms. The minimum Gasteiger partial charge on any atom is -0.454 e. The third-order valence-corrected chi connectivity index (χ3v) is 3.64. The molecule has 4 rings (SSSR count). The van der Waals surface area contributed by atoms with E-state index in [2.05, 4.69) is 15.5 Å². The highest BCUT2D eigenvalue weighted by Gasteiger charge is 2.14. The summed E-state index contributed by atoms with van der Waals surface area (Å²) >= 11 is 0. The zero-order valence-electron chi connectivity index (χ0n) is 12.6. The molecule has 0 saturated heterocycles. The zero-order valence-corrected chi connectivity index (χ0v) is 12.6. The molecule has 2 aromatic carbocycles. The van der Waals surface area contributed by atoms with Gasteiger partial charge in [-0.25, -0.2) is 0 Å². The van der Waals surface area contributed by atoms with Gasteiger partial charge in [-0.05, 0) is 42.0 Å². The Bertz CT molecular complexity index is 860. The van der Waals surface area contributed by atoms with Gasteiger partial charge < -0.3 is 19.2 Å². The highest BCUT2D eigenvalue weighted by atomic mass is 16.7. The van der Waals surface area contributed by atoms with Crippen molar-refractivity contribution in [1.29, 1.82) is 0 Å². The van der Waals surface area contributed by atoms with Gasteiger partial charge in [0.25, 0.3) is 5.91 Å². The van der Waals surface area contributed by atoms with Gasteiger partial charge in [-0.15, -0.1) is 10.2 Å². The van der Waals surface area contributed by atoms with Crippen molar-refractivity contribution in [2.45, 2.75) is 6.54 Å². The first-order valence-corrected chi connectivity index (χ1v) is 7.33. The smallest absolute Gasteiger partial charge is 0.251 e. The number of amides is 1. The summed E-state index contributed by atoms with van der Waals surface area (Å²) in [6.45, 7) is 0.637. The van der Waals surface area contributed by atoms with Crippen LogP contribution in [-0.4, -0.2) is 22.9 Å². The van der Waals surface area contributed by atoms with E-state index in [1.807, 2.05) is 18.2 Å². The summed E-state index contributed by atoms with van der Waals surface area (Å²) in [4.78, 5) is 12.2. The Morgan fingerprint density at radius 1 is 1.08 bits per heavy atom. The van der Waals surface area contributed by atoms with Crippen LogP contribution in [0.15, 0.2) is 53.3 Å². The second kappa shape index (κ2) is 6.04. The first-order valence-electron chi connectivity index (χ1n) is 7.33. The Labute approximate surface area is 137 Å². The van der Waals surface area contributed by atoms with Gasteiger partial charge in [0.2, 0.25) is 19.1 Å². The molecule has 1 aromatic heterocycles. The summed E-state index contributed by atoms with van der Waals surface area (Å²) in [6, 6.07) is 12.6. The Kier molecular flexibility index (Phi) is 3.59. The van der Waals surface area contributed by atoms with Gasteiger partial charge in [0.15, 0.2) is 11.5 Å². The molecule has 24 heavy (non-hydrogen) atoms. The molecule has 0 aliphatic carbocycles. The van der Waals surface area contributed by atoms with Crippen molar-refractivity contribution in [3.8, 4) is 23.0 Å². The lowest BCUT2D eigenvalue weighted by atomic mass is 10.1. The average molecular weight is 323 g/mol. The van der Waals surface area contributed by atoms with Crippen LogP contribution < -0.4 is 14.8 Å². The molecule has 0 saturated carbocycles. The number of carbonyl (C=O) groups excluding carboxylic acids is 1. The predicted octanol–water partition coefficient (Wildman–Crippen LogP) is 2.40. The van der Waals surface area contributed by atoms with Crippen LogP contribution in [0.1, 0.15) is 15.9 Å². The summed E-state index contributed by atoms with van der Waals surface area (Å²) < 4.78 is 15.7. The molecule has 7 nitrogen and oxygen atoms in total. The van der Waals surface area contributed by atoms with E-state index in [1.165, 1.54) is 6.39 Å². The molecule has 2 heterocycles. The van der Waals surface area contributed by atoms with Crippen molar-refractivity contribution in [2.24, 2.45) is 0 Å². The van der Waals surface area contributed by atoms with Crippen LogP contribution in [0.2, 0.25) is 0 Å². The van der Waals surface area contributed by atoms with Gasteiger partial charge in [0.1, 0.15) is 0 Å². The fraction of sp³-hybridized carbons (Fsp3) is 0.118. The second-order valence-corrected chi connectivity index (χ2v) is 5.19. The third kappa shape index (κ3) is 2.79. The quantitative estimate of drug-likeness (QED) is 0.793. The number of carbonyl (C=O) groups is 1. The summed E-state index contributed by atoms with van der Waals surface area (Å²) in [5, 5.41) is 10.3. The molecule has 120 valence electrons. The normalized spacial score (nSPS) is 12.2. The summed E-state index contributed by atoms with van der Waals surface area (Å²) in [7, 11) is 0. The maximum Gasteiger partial charge on any atom is 0.251 e. The van der Waals surface area contributed by atoms with E-state index in [0.29, 0.717) is 23.7 Å². The van der Waals surface area contributed by atoms with Crippen LogP contribution in [0.4, 0.5) is 0 Å². The predicted molar refractivity (Wildman–Crippen MR) is 83.5 cm³/mol. The van der Waals surface area contributed by atoms with Crippen molar-refractivity contribution in [2.75, 3.05) is 6.79 Å². The molecular formula is C17H13N3O4. The molecule has 0 unspecified atom stereocenters. The molecule has 0 atom stereocenters. The average Bonchev–Trinajstić information content (AvgIpc) is 3.31. The molecule has 1 N–H and O–H groups in total. The van der Waals surface area contributed by atoms with Crippen LogP contribution in [0.5, 0.6) is 11.5 Å². The Hall–Kier alpha value is -3.35. The lowest BCUT2D eigenvalue weighted by Crippen LogP contribution is -2.22. The van der Waals surface area contributed by atoms with E-state index in [4.69, 9.17) is 13.9 Å². The topological polar surface area (TPSA) is 86.5 Å². The second-order valence-electron chi connectivity index (χ2n) is 5.19. The molecule has 0 fully saturated rings. The first-order chi connectivity index (χ1) is 11.8. The summed E-state index contributed by atoms with van der Waals surface area (Å²) in [6.07, 6.45) is 1.27. The fourth-order valence-corrected chi connectivity index (χ4v) is 2.40. The maximum atomic E-state index is 12.2. The van der Waals surface area contributed by atoms with E-state index >= 15 is 0 Å². The number of hydrogen-bond donors (Lipinski definition) is 1. The summed E-state index contributed by atoms with van der Waals surface area (Å²) in [5.74, 6) is 1.68. The molecule has 0 spiro atoms. The largest absolute Gasteiger partial charge is 0.454 e. The Morgan fingerprint density at radius 2 is 1.92 bits per heavy atom. The van der Waals surface area contributed by atoms with E-state index in [-0.39, 0.29) is 12.7 Å². The molecule has 0 radical (unpaired) electrons. The number of nitrogens with zero attached hydrogens (tertiary/aromatic N) is 2. The fourth-order valence-electron chi connectivity index (χ4n) is 2.40. The number of aromatic nitrogens is 2. The Balaban J connectivity index is 1.41. The van der Waals surface area contributed by atoms with Gasteiger partial charge in [0, 0.05) is 17.7 Å². The number of ether oxygens (including phenoxy) is 2. The van der Waals surface area contributed by atoms with Crippen molar-refractivity contribution in [3.63, 3.8) is 0 Å². The number of nitrogens with one attached hydrogen (secondary N) is 1. The van der Waals surface area contributed by atoms with Crippen LogP contribution in [0.25, 0.3) is 11.5 Å². The highest BCUT2D eigenvalue weighted by molar-refractivity contribution is 5.94. The molecule has 3 aromatic rings. The molecule has 1 amide bonds. The van der Waals surface area contributed by atoms with Gasteiger partial charge in [0.05, 0.1) is 0 Å². The third-order valence-electron chi connectivity index (χ3n) is 3.64. The van der Waals surface area contributed by atoms with Gasteiger partial charge in [-0.1, -0.05) is 6.07 Å². The maximum absolute atomic E-state index is 12.2. The van der Waals surface area contributed by atoms with Crippen LogP contribution in [-0.2, 0) is 6.54 Å². The Morgan fingerprint density at radius 3 is 2.71 bits per heavy atom. The number of rotatable bonds is 4. The van der Waals surface area contributed by atoms with E-state index in [0.717, 1.165) is 16.9 Å². The number of hydrogen-bond acceptors (Lipinski definition) is 6. The summed E-state index contributed by atoms with van der Waals surface area (Å²) in [5.41, 5.74) is 2.26. The van der Waals surface area contributed by atoms with E-state index < -0.39 is 0 Å². The number of fused-ring (bicyclic) bond motifs is 1. The van der Waals surface area contributed by atoms with Crippen LogP contribution in [0, 0.1) is 0 Å². The lowest BCUT2D eigenvalue weighted by Gasteiger charge is -2.06. The van der Waals surface area contributed by atoms with E-state index in [9.17, 15) is 4.79 Å². The van der Waals surface area contributed by atoms with Gasteiger partial charge >= 0.3 is 0 Å². The zero-order chi connectivity index (χ0) is 16.4. The lowest BCUT2D eigenvalue weighted by molar-refractivity contribution is 0.0951. The molecule has 1 aliphatic rings. The molecule has 1 aliphatic heterocycles. The van der Waals surface area contributed by atoms with Crippen LogP contribution in [0.3, 0.4) is 0 Å². The van der Waals surface area contributed by atoms with Crippen molar-refractivity contribution in [1.82, 2.24) is 15.5 Å². The molecular weight excluding hydrogens is 310 g/mol. The SMILES string of the molecule is O=C(NCc1ccc2c(c1)OCO2)c1ccc(-c2nnco2)cc1. The minimum atomic E-state index is -0.162. The highest BCUT2D eigenvalue weighted by Crippen LogP contribution is 2.32. The van der Waals surface area contributed by atoms with Crippen molar-refractivity contribution < 1.29 is 18.7 Å². The standard InChI is InChI=1S/C17H13N3O4/c21-16(12-2-4-13(5-3-12)17-20-19-9-22-17)18-8-11-1-6-14-15(7-11)24-10-23-14/h1-7,9H,8,10H2,(H,18,21).